The van der Waals surface area contributed by atoms with E-state index >= 15 is 0 Å². The van der Waals surface area contributed by atoms with Crippen molar-refractivity contribution in [1.29, 1.82) is 0 Å². The molecule has 1 fully saturated rings. The summed E-state index contributed by atoms with van der Waals surface area (Å²) in [5.41, 5.74) is 4.99. The lowest BCUT2D eigenvalue weighted by Crippen LogP contribution is -2.27. The van der Waals surface area contributed by atoms with Gasteiger partial charge in [-0.15, -0.1) is 0 Å². The van der Waals surface area contributed by atoms with Crippen molar-refractivity contribution >= 4 is 5.91 Å². The topological polar surface area (TPSA) is 23.6 Å². The number of rotatable bonds is 2. The van der Waals surface area contributed by atoms with Gasteiger partial charge in [0, 0.05) is 37.4 Å². The van der Waals surface area contributed by atoms with Crippen LogP contribution in [0.25, 0.3) is 0 Å². The second kappa shape index (κ2) is 5.64. The van der Waals surface area contributed by atoms with Crippen LogP contribution in [0.2, 0.25) is 0 Å². The molecule has 1 aliphatic carbocycles. The number of carbonyl (C=O) groups is 1. The third kappa shape index (κ3) is 2.45. The van der Waals surface area contributed by atoms with Crippen LogP contribution in [0.5, 0.6) is 0 Å². The highest BCUT2D eigenvalue weighted by Gasteiger charge is 2.21. The van der Waals surface area contributed by atoms with Crippen LogP contribution < -0.4 is 0 Å². The van der Waals surface area contributed by atoms with Crippen molar-refractivity contribution in [2.24, 2.45) is 0 Å². The minimum atomic E-state index is 0.214. The highest BCUT2D eigenvalue weighted by molar-refractivity contribution is 5.94. The van der Waals surface area contributed by atoms with Crippen molar-refractivity contribution in [3.63, 3.8) is 0 Å². The molecule has 1 amide bonds. The van der Waals surface area contributed by atoms with Gasteiger partial charge in [-0.2, -0.15) is 0 Å². The third-order valence-corrected chi connectivity index (χ3v) is 5.05. The van der Waals surface area contributed by atoms with Gasteiger partial charge in [-0.25, -0.2) is 0 Å². The van der Waals surface area contributed by atoms with Gasteiger partial charge in [0.1, 0.15) is 0 Å². The predicted molar refractivity (Wildman–Crippen MR) is 87.8 cm³/mol. The Bertz CT molecular complexity index is 653. The summed E-state index contributed by atoms with van der Waals surface area (Å²) in [6.07, 6.45) is 10.8. The summed E-state index contributed by atoms with van der Waals surface area (Å²) in [5.74, 6) is 0.214. The molecule has 0 radical (unpaired) electrons. The molecule has 3 nitrogen and oxygen atoms in total. The molecule has 2 heterocycles. The second-order valence-corrected chi connectivity index (χ2v) is 6.42. The molecule has 0 bridgehead atoms. The first-order valence-corrected chi connectivity index (χ1v) is 8.36. The number of amides is 1. The molecule has 22 heavy (non-hydrogen) atoms. The molecule has 1 saturated heterocycles. The van der Waals surface area contributed by atoms with E-state index in [1.807, 2.05) is 11.0 Å². The zero-order chi connectivity index (χ0) is 14.9. The predicted octanol–water partition coefficient (Wildman–Crippen LogP) is 2.78. The first kappa shape index (κ1) is 13.6. The van der Waals surface area contributed by atoms with Crippen molar-refractivity contribution in [2.75, 3.05) is 26.2 Å². The van der Waals surface area contributed by atoms with Gasteiger partial charge in [-0.1, -0.05) is 12.1 Å². The Morgan fingerprint density at radius 3 is 2.36 bits per heavy atom. The van der Waals surface area contributed by atoms with Crippen molar-refractivity contribution < 1.29 is 4.79 Å². The Morgan fingerprint density at radius 2 is 1.68 bits per heavy atom. The molecule has 0 N–H and O–H groups in total. The Kier molecular flexibility index (Phi) is 3.49. The summed E-state index contributed by atoms with van der Waals surface area (Å²) >= 11 is 0. The zero-order valence-corrected chi connectivity index (χ0v) is 12.9. The number of fused-ring (bicyclic) bond motifs is 1. The molecule has 1 aromatic carbocycles. The number of nitrogens with zero attached hydrogens (tertiary/aromatic N) is 2. The molecule has 4 rings (SSSR count). The number of benzene rings is 1. The first-order valence-electron chi connectivity index (χ1n) is 8.36. The smallest absolute Gasteiger partial charge is 0.253 e. The van der Waals surface area contributed by atoms with E-state index in [-0.39, 0.29) is 5.91 Å². The molecule has 1 aromatic rings. The summed E-state index contributed by atoms with van der Waals surface area (Å²) in [7, 11) is 0. The third-order valence-electron chi connectivity index (χ3n) is 5.05. The van der Waals surface area contributed by atoms with Gasteiger partial charge in [-0.3, -0.25) is 4.79 Å². The van der Waals surface area contributed by atoms with Gasteiger partial charge < -0.3 is 9.80 Å². The van der Waals surface area contributed by atoms with E-state index in [9.17, 15) is 4.79 Å². The Labute approximate surface area is 131 Å². The van der Waals surface area contributed by atoms with E-state index in [2.05, 4.69) is 35.3 Å². The average molecular weight is 294 g/mol. The molecule has 0 unspecified atom stereocenters. The van der Waals surface area contributed by atoms with E-state index in [0.717, 1.165) is 57.4 Å². The first-order chi connectivity index (χ1) is 10.8. The van der Waals surface area contributed by atoms with Crippen molar-refractivity contribution in [3.05, 3.63) is 58.8 Å². The molecule has 0 aromatic heterocycles. The summed E-state index contributed by atoms with van der Waals surface area (Å²) < 4.78 is 0. The highest BCUT2D eigenvalue weighted by atomic mass is 16.2. The van der Waals surface area contributed by atoms with E-state index in [1.165, 1.54) is 16.8 Å². The minimum absolute atomic E-state index is 0.214. The zero-order valence-electron chi connectivity index (χ0n) is 12.9. The van der Waals surface area contributed by atoms with Crippen molar-refractivity contribution in [2.45, 2.75) is 25.7 Å². The molecular weight excluding hydrogens is 272 g/mol. The molecule has 114 valence electrons. The van der Waals surface area contributed by atoms with E-state index in [0.29, 0.717) is 0 Å². The number of hydrogen-bond acceptors (Lipinski definition) is 2. The highest BCUT2D eigenvalue weighted by Crippen LogP contribution is 2.23. The Balaban J connectivity index is 1.52. The Hall–Kier alpha value is -2.03. The van der Waals surface area contributed by atoms with Crippen LogP contribution in [0, 0.1) is 0 Å². The molecule has 2 aliphatic heterocycles. The van der Waals surface area contributed by atoms with Crippen molar-refractivity contribution in [1.82, 2.24) is 9.80 Å². The summed E-state index contributed by atoms with van der Waals surface area (Å²) in [4.78, 5) is 17.0. The SMILES string of the molecule is O=C(c1ccc2c(c1)CCN(C1=CC=C1)CC2)N1CCCC1. The van der Waals surface area contributed by atoms with Crippen LogP contribution in [-0.2, 0) is 12.8 Å². The van der Waals surface area contributed by atoms with E-state index in [1.54, 1.807) is 0 Å². The fourth-order valence-corrected chi connectivity index (χ4v) is 3.61. The van der Waals surface area contributed by atoms with E-state index in [4.69, 9.17) is 0 Å². The Morgan fingerprint density at radius 1 is 0.955 bits per heavy atom. The van der Waals surface area contributed by atoms with Crippen LogP contribution in [0.1, 0.15) is 34.3 Å². The maximum absolute atomic E-state index is 12.5. The molecule has 3 aliphatic rings. The summed E-state index contributed by atoms with van der Waals surface area (Å²) in [6, 6.07) is 6.34. The number of hydrogen-bond donors (Lipinski definition) is 0. The van der Waals surface area contributed by atoms with Gasteiger partial charge in [-0.05, 0) is 61.1 Å². The number of allylic oxidation sites excluding steroid dienone is 3. The van der Waals surface area contributed by atoms with Crippen molar-refractivity contribution in [3.8, 4) is 0 Å². The summed E-state index contributed by atoms with van der Waals surface area (Å²) in [5, 5.41) is 0. The lowest BCUT2D eigenvalue weighted by atomic mass is 9.99. The molecule has 0 spiro atoms. The van der Waals surface area contributed by atoms with Gasteiger partial charge in [0.15, 0.2) is 0 Å². The number of carbonyl (C=O) groups excluding carboxylic acids is 1. The minimum Gasteiger partial charge on any atom is -0.371 e. The van der Waals surface area contributed by atoms with Crippen LogP contribution >= 0.6 is 0 Å². The maximum atomic E-state index is 12.5. The quantitative estimate of drug-likeness (QED) is 0.837. The molecular formula is C19H22N2O. The normalized spacial score (nSPS) is 20.3. The molecule has 0 atom stereocenters. The van der Waals surface area contributed by atoms with Gasteiger partial charge in [0.2, 0.25) is 0 Å². The van der Waals surface area contributed by atoms with Gasteiger partial charge >= 0.3 is 0 Å². The fourth-order valence-electron chi connectivity index (χ4n) is 3.61. The standard InChI is InChI=1S/C19H22N2O/c22-19(21-10-1-2-11-21)17-7-6-15-8-12-20(18-4-3-5-18)13-9-16(15)14-17/h3-7,14H,1-2,8-13H2. The van der Waals surface area contributed by atoms with Crippen LogP contribution in [-0.4, -0.2) is 41.9 Å². The molecule has 3 heteroatoms. The second-order valence-electron chi connectivity index (χ2n) is 6.42. The largest absolute Gasteiger partial charge is 0.371 e. The van der Waals surface area contributed by atoms with Crippen LogP contribution in [0.4, 0.5) is 0 Å². The van der Waals surface area contributed by atoms with Crippen LogP contribution in [0.3, 0.4) is 0 Å². The van der Waals surface area contributed by atoms with E-state index < -0.39 is 0 Å². The summed E-state index contributed by atoms with van der Waals surface area (Å²) in [6.45, 7) is 3.96. The molecule has 0 saturated carbocycles. The number of likely N-dealkylation sites (tertiary alicyclic amines) is 1. The van der Waals surface area contributed by atoms with Gasteiger partial charge in [0.05, 0.1) is 0 Å². The lowest BCUT2D eigenvalue weighted by Gasteiger charge is -2.26. The lowest BCUT2D eigenvalue weighted by molar-refractivity contribution is 0.0792. The average Bonchev–Trinajstić information content (AvgIpc) is 2.94. The maximum Gasteiger partial charge on any atom is 0.253 e. The monoisotopic (exact) mass is 294 g/mol. The fraction of sp³-hybridized carbons (Fsp3) is 0.421. The van der Waals surface area contributed by atoms with Crippen LogP contribution in [0.15, 0.2) is 42.1 Å². The van der Waals surface area contributed by atoms with Gasteiger partial charge in [0.25, 0.3) is 5.91 Å².